The SMILES string of the molecule is CSc1ncccc1C(=O)N1CCC[C@H](c2nccn2CC(N)=O)C1. The third-order valence-electron chi connectivity index (χ3n) is 4.34. The number of nitrogens with zero attached hydrogens (tertiary/aromatic N) is 4. The number of hydrogen-bond acceptors (Lipinski definition) is 5. The Kier molecular flexibility index (Phi) is 5.37. The van der Waals surface area contributed by atoms with Gasteiger partial charge in [-0.15, -0.1) is 11.8 Å². The molecule has 1 atom stereocenters. The van der Waals surface area contributed by atoms with Crippen molar-refractivity contribution in [2.75, 3.05) is 19.3 Å². The van der Waals surface area contributed by atoms with E-state index in [9.17, 15) is 9.59 Å². The highest BCUT2D eigenvalue weighted by Gasteiger charge is 2.29. The Labute approximate surface area is 150 Å². The summed E-state index contributed by atoms with van der Waals surface area (Å²) in [7, 11) is 0. The molecular formula is C17H21N5O2S. The van der Waals surface area contributed by atoms with Crippen LogP contribution in [0.25, 0.3) is 0 Å². The summed E-state index contributed by atoms with van der Waals surface area (Å²) in [5.74, 6) is 0.507. The monoisotopic (exact) mass is 359 g/mol. The highest BCUT2D eigenvalue weighted by Crippen LogP contribution is 2.28. The van der Waals surface area contributed by atoms with Crippen molar-refractivity contribution in [1.82, 2.24) is 19.4 Å². The number of imidazole rings is 1. The summed E-state index contributed by atoms with van der Waals surface area (Å²) in [4.78, 5) is 34.7. The first-order valence-corrected chi connectivity index (χ1v) is 9.40. The van der Waals surface area contributed by atoms with Gasteiger partial charge in [0.05, 0.1) is 5.56 Å². The van der Waals surface area contributed by atoms with E-state index in [0.717, 1.165) is 23.7 Å². The van der Waals surface area contributed by atoms with Gasteiger partial charge in [0.2, 0.25) is 5.91 Å². The van der Waals surface area contributed by atoms with Gasteiger partial charge in [-0.25, -0.2) is 9.97 Å². The molecule has 1 aliphatic rings. The topological polar surface area (TPSA) is 94.1 Å². The second kappa shape index (κ2) is 7.69. The van der Waals surface area contributed by atoms with Gasteiger partial charge < -0.3 is 15.2 Å². The molecule has 2 amide bonds. The average Bonchev–Trinajstić information content (AvgIpc) is 3.08. The fourth-order valence-electron chi connectivity index (χ4n) is 3.24. The number of nitrogens with two attached hydrogens (primary N) is 1. The van der Waals surface area contributed by atoms with Gasteiger partial charge in [0.1, 0.15) is 17.4 Å². The van der Waals surface area contributed by atoms with Crippen LogP contribution in [0.15, 0.2) is 35.7 Å². The first-order valence-electron chi connectivity index (χ1n) is 8.17. The molecule has 1 fully saturated rings. The van der Waals surface area contributed by atoms with E-state index in [1.54, 1.807) is 29.2 Å². The molecular weight excluding hydrogens is 338 g/mol. The Hall–Kier alpha value is -2.35. The third-order valence-corrected chi connectivity index (χ3v) is 5.05. The molecule has 8 heteroatoms. The van der Waals surface area contributed by atoms with Gasteiger partial charge in [-0.1, -0.05) is 0 Å². The molecule has 0 radical (unpaired) electrons. The minimum Gasteiger partial charge on any atom is -0.368 e. The summed E-state index contributed by atoms with van der Waals surface area (Å²) in [6.07, 6.45) is 8.87. The molecule has 0 bridgehead atoms. The molecule has 132 valence electrons. The van der Waals surface area contributed by atoms with E-state index in [4.69, 9.17) is 5.73 Å². The maximum atomic E-state index is 12.9. The van der Waals surface area contributed by atoms with Crippen LogP contribution in [0, 0.1) is 0 Å². The Morgan fingerprint density at radius 1 is 1.36 bits per heavy atom. The quantitative estimate of drug-likeness (QED) is 0.817. The highest BCUT2D eigenvalue weighted by molar-refractivity contribution is 7.98. The van der Waals surface area contributed by atoms with Crippen LogP contribution < -0.4 is 5.73 Å². The maximum absolute atomic E-state index is 12.9. The molecule has 1 saturated heterocycles. The van der Waals surface area contributed by atoms with Crippen molar-refractivity contribution >= 4 is 23.6 Å². The number of aromatic nitrogens is 3. The largest absolute Gasteiger partial charge is 0.368 e. The van der Waals surface area contributed by atoms with E-state index in [1.807, 2.05) is 17.2 Å². The molecule has 0 aromatic carbocycles. The maximum Gasteiger partial charge on any atom is 0.256 e. The van der Waals surface area contributed by atoms with Crippen molar-refractivity contribution in [2.45, 2.75) is 30.3 Å². The normalized spacial score (nSPS) is 17.5. The molecule has 2 aromatic heterocycles. The zero-order valence-electron chi connectivity index (χ0n) is 14.1. The van der Waals surface area contributed by atoms with Crippen LogP contribution in [0.2, 0.25) is 0 Å². The van der Waals surface area contributed by atoms with Crippen LogP contribution in [-0.2, 0) is 11.3 Å². The number of thioether (sulfide) groups is 1. The molecule has 7 nitrogen and oxygen atoms in total. The molecule has 3 heterocycles. The van der Waals surface area contributed by atoms with Crippen LogP contribution in [0.1, 0.15) is 34.9 Å². The zero-order valence-corrected chi connectivity index (χ0v) is 14.9. The zero-order chi connectivity index (χ0) is 17.8. The molecule has 2 aromatic rings. The second-order valence-electron chi connectivity index (χ2n) is 6.03. The number of piperidine rings is 1. The lowest BCUT2D eigenvalue weighted by molar-refractivity contribution is -0.118. The Bertz CT molecular complexity index is 776. The number of carbonyl (C=O) groups excluding carboxylic acids is 2. The number of pyridine rings is 1. The van der Waals surface area contributed by atoms with Crippen molar-refractivity contribution in [3.05, 3.63) is 42.1 Å². The van der Waals surface area contributed by atoms with E-state index in [0.29, 0.717) is 18.7 Å². The van der Waals surface area contributed by atoms with Gasteiger partial charge in [0, 0.05) is 37.6 Å². The molecule has 0 aliphatic carbocycles. The summed E-state index contributed by atoms with van der Waals surface area (Å²) in [6.45, 7) is 1.41. The van der Waals surface area contributed by atoms with Gasteiger partial charge in [-0.2, -0.15) is 0 Å². The Balaban J connectivity index is 1.78. The summed E-state index contributed by atoms with van der Waals surface area (Å²) in [5, 5.41) is 0.741. The van der Waals surface area contributed by atoms with Crippen LogP contribution in [0.5, 0.6) is 0 Å². The molecule has 25 heavy (non-hydrogen) atoms. The van der Waals surface area contributed by atoms with Gasteiger partial charge in [0.25, 0.3) is 5.91 Å². The summed E-state index contributed by atoms with van der Waals surface area (Å²) in [6, 6.07) is 3.60. The van der Waals surface area contributed by atoms with Gasteiger partial charge in [0.15, 0.2) is 0 Å². The van der Waals surface area contributed by atoms with Crippen molar-refractivity contribution in [1.29, 1.82) is 0 Å². The van der Waals surface area contributed by atoms with Gasteiger partial charge in [-0.3, -0.25) is 9.59 Å². The molecule has 1 aliphatic heterocycles. The molecule has 0 saturated carbocycles. The summed E-state index contributed by atoms with van der Waals surface area (Å²) < 4.78 is 1.78. The number of carbonyl (C=O) groups is 2. The fourth-order valence-corrected chi connectivity index (χ4v) is 3.78. The number of primary amides is 1. The number of likely N-dealkylation sites (tertiary alicyclic amines) is 1. The highest BCUT2D eigenvalue weighted by atomic mass is 32.2. The lowest BCUT2D eigenvalue weighted by Gasteiger charge is -2.33. The smallest absolute Gasteiger partial charge is 0.256 e. The van der Waals surface area contributed by atoms with Crippen LogP contribution in [0.4, 0.5) is 0 Å². The van der Waals surface area contributed by atoms with E-state index in [-0.39, 0.29) is 18.4 Å². The fraction of sp³-hybridized carbons (Fsp3) is 0.412. The van der Waals surface area contributed by atoms with E-state index < -0.39 is 5.91 Å². The predicted octanol–water partition coefficient (Wildman–Crippen LogP) is 1.51. The van der Waals surface area contributed by atoms with Gasteiger partial charge in [-0.05, 0) is 31.2 Å². The predicted molar refractivity (Wildman–Crippen MR) is 95.3 cm³/mol. The van der Waals surface area contributed by atoms with Crippen molar-refractivity contribution in [2.24, 2.45) is 5.73 Å². The first kappa shape index (κ1) is 17.5. The van der Waals surface area contributed by atoms with E-state index >= 15 is 0 Å². The third kappa shape index (κ3) is 3.84. The van der Waals surface area contributed by atoms with Crippen LogP contribution in [0.3, 0.4) is 0 Å². The number of hydrogen-bond donors (Lipinski definition) is 1. The molecule has 3 rings (SSSR count). The summed E-state index contributed by atoms with van der Waals surface area (Å²) >= 11 is 1.47. The minimum atomic E-state index is -0.400. The first-order chi connectivity index (χ1) is 12.1. The average molecular weight is 359 g/mol. The lowest BCUT2D eigenvalue weighted by Crippen LogP contribution is -2.40. The van der Waals surface area contributed by atoms with Crippen molar-refractivity contribution in [3.63, 3.8) is 0 Å². The molecule has 0 spiro atoms. The number of rotatable bonds is 5. The summed E-state index contributed by atoms with van der Waals surface area (Å²) in [5.41, 5.74) is 5.94. The van der Waals surface area contributed by atoms with E-state index in [1.165, 1.54) is 11.8 Å². The van der Waals surface area contributed by atoms with Gasteiger partial charge >= 0.3 is 0 Å². The standard InChI is InChI=1S/C17H21N5O2S/c1-25-16-13(5-2-6-20-16)17(24)22-8-3-4-12(10-22)15-19-7-9-21(15)11-14(18)23/h2,5-7,9,12H,3-4,8,10-11H2,1H3,(H2,18,23)/t12-/m0/s1. The van der Waals surface area contributed by atoms with Crippen molar-refractivity contribution < 1.29 is 9.59 Å². The van der Waals surface area contributed by atoms with Crippen molar-refractivity contribution in [3.8, 4) is 0 Å². The molecule has 2 N–H and O–H groups in total. The van der Waals surface area contributed by atoms with E-state index in [2.05, 4.69) is 9.97 Å². The molecule has 0 unspecified atom stereocenters. The Morgan fingerprint density at radius 2 is 2.20 bits per heavy atom. The lowest BCUT2D eigenvalue weighted by atomic mass is 9.96. The minimum absolute atomic E-state index is 0.00448. The number of amides is 2. The second-order valence-corrected chi connectivity index (χ2v) is 6.83. The van der Waals surface area contributed by atoms with Crippen LogP contribution >= 0.6 is 11.8 Å². The Morgan fingerprint density at radius 3 is 2.96 bits per heavy atom. The van der Waals surface area contributed by atoms with Crippen LogP contribution in [-0.4, -0.2) is 50.6 Å².